The summed E-state index contributed by atoms with van der Waals surface area (Å²) in [5, 5.41) is 3.54. The fourth-order valence-electron chi connectivity index (χ4n) is 1.00. The van der Waals surface area contributed by atoms with Crippen molar-refractivity contribution in [3.63, 3.8) is 0 Å². The van der Waals surface area contributed by atoms with Crippen molar-refractivity contribution < 1.29 is 12.9 Å². The molecule has 7 nitrogen and oxygen atoms in total. The van der Waals surface area contributed by atoms with Crippen LogP contribution in [0.1, 0.15) is 11.7 Å². The first-order valence-corrected chi connectivity index (χ1v) is 7.05. The smallest absolute Gasteiger partial charge is 0.252 e. The lowest BCUT2D eigenvalue weighted by molar-refractivity contribution is 0.372. The number of nitrogens with one attached hydrogen (secondary N) is 1. The summed E-state index contributed by atoms with van der Waals surface area (Å²) >= 11 is 6.43. The topological polar surface area (TPSA) is 98.0 Å². The van der Waals surface area contributed by atoms with Crippen LogP contribution in [0.5, 0.6) is 0 Å². The van der Waals surface area contributed by atoms with Crippen LogP contribution in [0.2, 0.25) is 4.47 Å². The lowest BCUT2D eigenvalue weighted by Gasteiger charge is -1.99. The lowest BCUT2D eigenvalue weighted by atomic mass is 10.6. The van der Waals surface area contributed by atoms with E-state index in [0.29, 0.717) is 5.82 Å². The molecule has 0 aliphatic carbocycles. The van der Waals surface area contributed by atoms with E-state index in [4.69, 9.17) is 16.1 Å². The van der Waals surface area contributed by atoms with Crippen molar-refractivity contribution in [2.45, 2.75) is 17.7 Å². The van der Waals surface area contributed by atoms with Gasteiger partial charge in [-0.1, -0.05) is 28.1 Å². The van der Waals surface area contributed by atoms with Gasteiger partial charge >= 0.3 is 0 Å². The molecular formula is C7H7ClN4O3S2. The maximum Gasteiger partial charge on any atom is 0.252 e. The second-order valence-electron chi connectivity index (χ2n) is 2.99. The fraction of sp³-hybridized carbons (Fsp3) is 0.286. The van der Waals surface area contributed by atoms with Crippen molar-refractivity contribution in [2.75, 3.05) is 0 Å². The van der Waals surface area contributed by atoms with Gasteiger partial charge in [-0.15, -0.1) is 0 Å². The number of sulfonamides is 1. The van der Waals surface area contributed by atoms with Crippen LogP contribution >= 0.6 is 22.9 Å². The van der Waals surface area contributed by atoms with Gasteiger partial charge in [0.1, 0.15) is 0 Å². The molecule has 0 saturated heterocycles. The van der Waals surface area contributed by atoms with Gasteiger partial charge in [-0.05, 0) is 6.92 Å². The van der Waals surface area contributed by atoms with Crippen molar-refractivity contribution >= 4 is 33.0 Å². The second-order valence-corrected chi connectivity index (χ2v) is 6.60. The summed E-state index contributed by atoms with van der Waals surface area (Å²) in [6, 6.07) is 0. The number of thiazole rings is 1. The number of rotatable bonds is 4. The van der Waals surface area contributed by atoms with Crippen LogP contribution in [0.3, 0.4) is 0 Å². The van der Waals surface area contributed by atoms with Crippen LogP contribution in [-0.4, -0.2) is 23.5 Å². The van der Waals surface area contributed by atoms with E-state index in [1.807, 2.05) is 0 Å². The van der Waals surface area contributed by atoms with Gasteiger partial charge in [0.15, 0.2) is 14.5 Å². The monoisotopic (exact) mass is 294 g/mol. The molecule has 2 aromatic heterocycles. The first-order valence-electron chi connectivity index (χ1n) is 4.37. The summed E-state index contributed by atoms with van der Waals surface area (Å²) < 4.78 is 30.8. The third-order valence-electron chi connectivity index (χ3n) is 1.70. The maximum absolute atomic E-state index is 11.7. The van der Waals surface area contributed by atoms with Crippen molar-refractivity contribution in [1.29, 1.82) is 0 Å². The van der Waals surface area contributed by atoms with Gasteiger partial charge in [-0.3, -0.25) is 0 Å². The van der Waals surface area contributed by atoms with Crippen LogP contribution in [0.4, 0.5) is 0 Å². The molecule has 0 fully saturated rings. The molecule has 0 bridgehead atoms. The molecule has 2 rings (SSSR count). The molecule has 0 aromatic carbocycles. The van der Waals surface area contributed by atoms with E-state index >= 15 is 0 Å². The Hall–Kier alpha value is -1.03. The summed E-state index contributed by atoms with van der Waals surface area (Å²) in [6.07, 6.45) is 1.19. The Bertz CT molecular complexity index is 621. The fourth-order valence-corrected chi connectivity index (χ4v) is 3.31. The molecule has 17 heavy (non-hydrogen) atoms. The van der Waals surface area contributed by atoms with Gasteiger partial charge in [-0.25, -0.2) is 18.1 Å². The zero-order valence-electron chi connectivity index (χ0n) is 8.55. The van der Waals surface area contributed by atoms with E-state index in [1.165, 1.54) is 6.20 Å². The molecule has 92 valence electrons. The zero-order valence-corrected chi connectivity index (χ0v) is 10.9. The van der Waals surface area contributed by atoms with E-state index in [2.05, 4.69) is 19.8 Å². The quantitative estimate of drug-likeness (QED) is 0.902. The Morgan fingerprint density at radius 3 is 2.88 bits per heavy atom. The highest BCUT2D eigenvalue weighted by Crippen LogP contribution is 2.22. The van der Waals surface area contributed by atoms with Gasteiger partial charge in [0.2, 0.25) is 5.89 Å². The molecule has 0 atom stereocenters. The standard InChI is InChI=1S/C7H7ClN4O3S2/c1-4-11-5(15-12-4)2-10-17(13,14)6-3-9-7(8)16-6/h3,10H,2H2,1H3. The van der Waals surface area contributed by atoms with Crippen LogP contribution < -0.4 is 4.72 Å². The molecular weight excluding hydrogens is 288 g/mol. The average molecular weight is 295 g/mol. The second kappa shape index (κ2) is 4.69. The minimum absolute atomic E-state index is 0.0405. The maximum atomic E-state index is 11.7. The minimum atomic E-state index is -3.63. The van der Waals surface area contributed by atoms with Crippen molar-refractivity contribution in [3.8, 4) is 0 Å². The highest BCUT2D eigenvalue weighted by atomic mass is 35.5. The molecule has 0 saturated carbocycles. The summed E-state index contributed by atoms with van der Waals surface area (Å²) in [6.45, 7) is 1.57. The minimum Gasteiger partial charge on any atom is -0.338 e. The SMILES string of the molecule is Cc1noc(CNS(=O)(=O)c2cnc(Cl)s2)n1. The van der Waals surface area contributed by atoms with Crippen LogP contribution in [-0.2, 0) is 16.6 Å². The van der Waals surface area contributed by atoms with Gasteiger partial charge in [0, 0.05) is 0 Å². The molecule has 0 amide bonds. The van der Waals surface area contributed by atoms with Gasteiger partial charge in [0.25, 0.3) is 10.0 Å². The number of aromatic nitrogens is 3. The molecule has 0 radical (unpaired) electrons. The molecule has 2 heterocycles. The highest BCUT2D eigenvalue weighted by Gasteiger charge is 2.18. The normalized spacial score (nSPS) is 11.9. The molecule has 0 aliphatic heterocycles. The van der Waals surface area contributed by atoms with Crippen LogP contribution in [0.25, 0.3) is 0 Å². The predicted octanol–water partition coefficient (Wildman–Crippen LogP) is 0.966. The van der Waals surface area contributed by atoms with Gasteiger partial charge in [-0.2, -0.15) is 4.98 Å². The first kappa shape index (κ1) is 12.4. The molecule has 0 spiro atoms. The lowest BCUT2D eigenvalue weighted by Crippen LogP contribution is -2.22. The third-order valence-corrected chi connectivity index (χ3v) is 4.68. The number of halogens is 1. The van der Waals surface area contributed by atoms with E-state index in [-0.39, 0.29) is 21.1 Å². The number of hydrogen-bond donors (Lipinski definition) is 1. The molecule has 2 aromatic rings. The Balaban J connectivity index is 2.08. The number of nitrogens with zero attached hydrogens (tertiary/aromatic N) is 3. The molecule has 0 aliphatic rings. The average Bonchev–Trinajstić information content (AvgIpc) is 2.85. The zero-order chi connectivity index (χ0) is 12.5. The van der Waals surface area contributed by atoms with Gasteiger partial charge < -0.3 is 4.52 Å². The summed E-state index contributed by atoms with van der Waals surface area (Å²) in [4.78, 5) is 7.53. The molecule has 1 N–H and O–H groups in total. The number of aryl methyl sites for hydroxylation is 1. The highest BCUT2D eigenvalue weighted by molar-refractivity contribution is 7.91. The first-order chi connectivity index (χ1) is 7.97. The summed E-state index contributed by atoms with van der Waals surface area (Å²) in [7, 11) is -3.63. The van der Waals surface area contributed by atoms with Crippen molar-refractivity contribution in [1.82, 2.24) is 19.8 Å². The Kier molecular flexibility index (Phi) is 3.43. The van der Waals surface area contributed by atoms with Crippen molar-refractivity contribution in [2.24, 2.45) is 0 Å². The summed E-state index contributed by atoms with van der Waals surface area (Å²) in [5.41, 5.74) is 0. The Morgan fingerprint density at radius 1 is 1.59 bits per heavy atom. The van der Waals surface area contributed by atoms with E-state index in [9.17, 15) is 8.42 Å². The van der Waals surface area contributed by atoms with E-state index in [0.717, 1.165) is 11.3 Å². The Morgan fingerprint density at radius 2 is 2.35 bits per heavy atom. The van der Waals surface area contributed by atoms with Crippen LogP contribution in [0.15, 0.2) is 14.9 Å². The van der Waals surface area contributed by atoms with Crippen molar-refractivity contribution in [3.05, 3.63) is 22.4 Å². The summed E-state index contributed by atoms with van der Waals surface area (Å²) in [5.74, 6) is 0.640. The predicted molar refractivity (Wildman–Crippen MR) is 60.2 cm³/mol. The molecule has 10 heteroatoms. The van der Waals surface area contributed by atoms with E-state index < -0.39 is 10.0 Å². The largest absolute Gasteiger partial charge is 0.338 e. The number of hydrogen-bond acceptors (Lipinski definition) is 7. The van der Waals surface area contributed by atoms with E-state index in [1.54, 1.807) is 6.92 Å². The van der Waals surface area contributed by atoms with Crippen LogP contribution in [0, 0.1) is 6.92 Å². The Labute approximate surface area is 106 Å². The van der Waals surface area contributed by atoms with Gasteiger partial charge in [0.05, 0.1) is 12.7 Å². The molecule has 0 unspecified atom stereocenters. The third kappa shape index (κ3) is 3.00.